The van der Waals surface area contributed by atoms with Gasteiger partial charge in [0, 0.05) is 16.3 Å². The topological polar surface area (TPSA) is 71.8 Å². The number of thioether (sulfide) groups is 1. The Balaban J connectivity index is 2.16. The van der Waals surface area contributed by atoms with Crippen molar-refractivity contribution in [2.75, 3.05) is 5.73 Å². The van der Waals surface area contributed by atoms with Gasteiger partial charge in [0.25, 0.3) is 5.56 Å². The number of rotatable bonds is 3. The normalized spacial score (nSPS) is 10.6. The second kappa shape index (κ2) is 5.53. The fourth-order valence-electron chi connectivity index (χ4n) is 1.32. The summed E-state index contributed by atoms with van der Waals surface area (Å²) in [4.78, 5) is 17.7. The minimum absolute atomic E-state index is 0.149. The number of H-pyrrole nitrogens is 1. The van der Waals surface area contributed by atoms with Crippen molar-refractivity contribution in [1.82, 2.24) is 9.97 Å². The molecule has 7 heteroatoms. The number of aromatic nitrogens is 2. The summed E-state index contributed by atoms with van der Waals surface area (Å²) in [5, 5.41) is 0.374. The van der Waals surface area contributed by atoms with Crippen LogP contribution in [0.15, 0.2) is 38.7 Å². The van der Waals surface area contributed by atoms with E-state index in [1.54, 1.807) is 12.1 Å². The van der Waals surface area contributed by atoms with E-state index in [1.807, 2.05) is 0 Å². The molecule has 0 fully saturated rings. The Hall–Kier alpha value is -1.34. The van der Waals surface area contributed by atoms with Crippen LogP contribution < -0.4 is 11.3 Å². The first-order chi connectivity index (χ1) is 8.54. The van der Waals surface area contributed by atoms with Gasteiger partial charge >= 0.3 is 0 Å². The molecule has 0 radical (unpaired) electrons. The average Bonchev–Trinajstić information content (AvgIpc) is 2.29. The SMILES string of the molecule is Nc1cc(=O)[nH]c(SCc2cc(Br)ccc2F)n1. The number of halogens is 2. The van der Waals surface area contributed by atoms with Crippen LogP contribution in [0, 0.1) is 5.82 Å². The molecule has 94 valence electrons. The van der Waals surface area contributed by atoms with Crippen LogP contribution in [0.25, 0.3) is 0 Å². The standard InChI is InChI=1S/C11H9BrFN3OS/c12-7-1-2-8(13)6(3-7)5-18-11-15-9(14)4-10(17)16-11/h1-4H,5H2,(H3,14,15,16,17). The first-order valence-corrected chi connectivity index (χ1v) is 6.76. The number of nitrogens with one attached hydrogen (secondary N) is 1. The molecule has 0 spiro atoms. The highest BCUT2D eigenvalue weighted by molar-refractivity contribution is 9.10. The van der Waals surface area contributed by atoms with Crippen molar-refractivity contribution in [2.24, 2.45) is 0 Å². The molecular weight excluding hydrogens is 321 g/mol. The lowest BCUT2D eigenvalue weighted by atomic mass is 10.2. The van der Waals surface area contributed by atoms with E-state index >= 15 is 0 Å². The first kappa shape index (κ1) is 13.1. The predicted octanol–water partition coefficient (Wildman–Crippen LogP) is 2.55. The molecule has 0 atom stereocenters. The lowest BCUT2D eigenvalue weighted by molar-refractivity contribution is 0.617. The molecule has 2 aromatic rings. The van der Waals surface area contributed by atoms with Gasteiger partial charge in [0.15, 0.2) is 5.16 Å². The molecule has 0 aliphatic carbocycles. The lowest BCUT2D eigenvalue weighted by Gasteiger charge is -2.04. The smallest absolute Gasteiger partial charge is 0.253 e. The van der Waals surface area contributed by atoms with Crippen molar-refractivity contribution in [3.63, 3.8) is 0 Å². The molecule has 4 nitrogen and oxygen atoms in total. The molecule has 0 amide bonds. The minimum atomic E-state index is -0.320. The molecule has 0 aliphatic rings. The third-order valence-corrected chi connectivity index (χ3v) is 3.53. The summed E-state index contributed by atoms with van der Waals surface area (Å²) in [6.45, 7) is 0. The molecule has 2 rings (SSSR count). The van der Waals surface area contributed by atoms with Crippen molar-refractivity contribution < 1.29 is 4.39 Å². The zero-order valence-corrected chi connectivity index (χ0v) is 11.5. The maximum absolute atomic E-state index is 13.5. The van der Waals surface area contributed by atoms with Gasteiger partial charge < -0.3 is 10.7 Å². The molecule has 3 N–H and O–H groups in total. The quantitative estimate of drug-likeness (QED) is 0.670. The van der Waals surface area contributed by atoms with Gasteiger partial charge in [0.05, 0.1) is 0 Å². The van der Waals surface area contributed by atoms with Crippen molar-refractivity contribution in [3.05, 3.63) is 50.5 Å². The van der Waals surface area contributed by atoms with E-state index in [0.717, 1.165) is 4.47 Å². The maximum atomic E-state index is 13.5. The number of benzene rings is 1. The van der Waals surface area contributed by atoms with Gasteiger partial charge in [-0.2, -0.15) is 0 Å². The molecule has 18 heavy (non-hydrogen) atoms. The zero-order valence-electron chi connectivity index (χ0n) is 9.11. The number of nitrogens with two attached hydrogens (primary N) is 1. The van der Waals surface area contributed by atoms with E-state index in [0.29, 0.717) is 16.5 Å². The summed E-state index contributed by atoms with van der Waals surface area (Å²) in [5.74, 6) is 0.213. The average molecular weight is 330 g/mol. The predicted molar refractivity (Wildman–Crippen MR) is 72.9 cm³/mol. The highest BCUT2D eigenvalue weighted by atomic mass is 79.9. The second-order valence-corrected chi connectivity index (χ2v) is 5.38. The number of hydrogen-bond donors (Lipinski definition) is 2. The highest BCUT2D eigenvalue weighted by Crippen LogP contribution is 2.23. The van der Waals surface area contributed by atoms with Crippen LogP contribution >= 0.6 is 27.7 Å². The summed E-state index contributed by atoms with van der Waals surface area (Å²) < 4.78 is 14.3. The highest BCUT2D eigenvalue weighted by Gasteiger charge is 2.05. The van der Waals surface area contributed by atoms with E-state index in [1.165, 1.54) is 23.9 Å². The van der Waals surface area contributed by atoms with E-state index in [9.17, 15) is 9.18 Å². The number of anilines is 1. The largest absolute Gasteiger partial charge is 0.383 e. The Morgan fingerprint density at radius 3 is 2.94 bits per heavy atom. The maximum Gasteiger partial charge on any atom is 0.253 e. The number of aromatic amines is 1. The molecular formula is C11H9BrFN3OS. The third kappa shape index (κ3) is 3.33. The minimum Gasteiger partial charge on any atom is -0.383 e. The van der Waals surface area contributed by atoms with E-state index < -0.39 is 0 Å². The van der Waals surface area contributed by atoms with Gasteiger partial charge in [-0.15, -0.1) is 0 Å². The Morgan fingerprint density at radius 1 is 1.44 bits per heavy atom. The Morgan fingerprint density at radius 2 is 2.22 bits per heavy atom. The van der Waals surface area contributed by atoms with E-state index in [-0.39, 0.29) is 17.2 Å². The van der Waals surface area contributed by atoms with Crippen LogP contribution in [0.4, 0.5) is 10.2 Å². The Kier molecular flexibility index (Phi) is 4.03. The molecule has 0 unspecified atom stereocenters. The van der Waals surface area contributed by atoms with Crippen LogP contribution in [0.1, 0.15) is 5.56 Å². The molecule has 1 heterocycles. The van der Waals surface area contributed by atoms with Crippen molar-refractivity contribution in [3.8, 4) is 0 Å². The van der Waals surface area contributed by atoms with Crippen LogP contribution in [0.3, 0.4) is 0 Å². The van der Waals surface area contributed by atoms with E-state index in [4.69, 9.17) is 5.73 Å². The van der Waals surface area contributed by atoms with Crippen molar-refractivity contribution in [2.45, 2.75) is 10.9 Å². The monoisotopic (exact) mass is 329 g/mol. The number of nitrogens with zero attached hydrogens (tertiary/aromatic N) is 1. The third-order valence-electron chi connectivity index (χ3n) is 2.11. The van der Waals surface area contributed by atoms with Crippen LogP contribution in [-0.4, -0.2) is 9.97 Å². The fourth-order valence-corrected chi connectivity index (χ4v) is 2.59. The molecule has 0 aliphatic heterocycles. The fraction of sp³-hybridized carbons (Fsp3) is 0.0909. The lowest BCUT2D eigenvalue weighted by Crippen LogP contribution is -2.09. The van der Waals surface area contributed by atoms with Crippen LogP contribution in [-0.2, 0) is 5.75 Å². The van der Waals surface area contributed by atoms with Gasteiger partial charge in [0.1, 0.15) is 11.6 Å². The Labute approximate surface area is 115 Å². The van der Waals surface area contributed by atoms with Gasteiger partial charge in [-0.05, 0) is 23.8 Å². The second-order valence-electron chi connectivity index (χ2n) is 3.50. The molecule has 0 saturated heterocycles. The van der Waals surface area contributed by atoms with Gasteiger partial charge in [0.2, 0.25) is 0 Å². The van der Waals surface area contributed by atoms with Crippen LogP contribution in [0.5, 0.6) is 0 Å². The molecule has 0 bridgehead atoms. The van der Waals surface area contributed by atoms with Crippen molar-refractivity contribution in [1.29, 1.82) is 0 Å². The summed E-state index contributed by atoms with van der Waals surface area (Å²) in [5.41, 5.74) is 5.66. The first-order valence-electron chi connectivity index (χ1n) is 4.98. The summed E-state index contributed by atoms with van der Waals surface area (Å²) >= 11 is 4.49. The summed E-state index contributed by atoms with van der Waals surface area (Å²) in [7, 11) is 0. The number of nitrogen functional groups attached to an aromatic ring is 1. The van der Waals surface area contributed by atoms with E-state index in [2.05, 4.69) is 25.9 Å². The van der Waals surface area contributed by atoms with Gasteiger partial charge in [-0.25, -0.2) is 9.37 Å². The Bertz CT molecular complexity index is 632. The number of hydrogen-bond acceptors (Lipinski definition) is 4. The van der Waals surface area contributed by atoms with Crippen molar-refractivity contribution >= 4 is 33.5 Å². The van der Waals surface area contributed by atoms with Gasteiger partial charge in [-0.3, -0.25) is 4.79 Å². The van der Waals surface area contributed by atoms with Gasteiger partial charge in [-0.1, -0.05) is 27.7 Å². The summed E-state index contributed by atoms with van der Waals surface area (Å²) in [6.07, 6.45) is 0. The molecule has 0 saturated carbocycles. The molecule has 1 aromatic heterocycles. The molecule has 1 aromatic carbocycles. The summed E-state index contributed by atoms with van der Waals surface area (Å²) in [6, 6.07) is 5.90. The van der Waals surface area contributed by atoms with Crippen LogP contribution in [0.2, 0.25) is 0 Å². The zero-order chi connectivity index (χ0) is 13.1.